The molecule has 1 saturated carbocycles. The molecule has 0 radical (unpaired) electrons. The van der Waals surface area contributed by atoms with Gasteiger partial charge >= 0.3 is 0 Å². The highest BCUT2D eigenvalue weighted by Gasteiger charge is 2.21. The average Bonchev–Trinajstić information content (AvgIpc) is 2.88. The van der Waals surface area contributed by atoms with E-state index < -0.39 is 0 Å². The van der Waals surface area contributed by atoms with E-state index in [9.17, 15) is 0 Å². The predicted molar refractivity (Wildman–Crippen MR) is 80.5 cm³/mol. The van der Waals surface area contributed by atoms with Crippen LogP contribution in [0.1, 0.15) is 49.4 Å². The van der Waals surface area contributed by atoms with Crippen molar-refractivity contribution in [1.82, 2.24) is 19.9 Å². The summed E-state index contributed by atoms with van der Waals surface area (Å²) in [5.74, 6) is 1.41. The number of nitrogens with one attached hydrogen (secondary N) is 1. The molecule has 0 unspecified atom stereocenters. The third-order valence-electron chi connectivity index (χ3n) is 3.65. The Morgan fingerprint density at radius 2 is 2.20 bits per heavy atom. The normalized spacial score (nSPS) is 16.8. The molecule has 2 heterocycles. The molecular formula is C14H17N5S. The number of H-pyrrole nitrogens is 1. The maximum atomic E-state index is 5.27. The molecule has 1 aliphatic rings. The lowest BCUT2D eigenvalue weighted by Gasteiger charge is -2.19. The summed E-state index contributed by atoms with van der Waals surface area (Å²) < 4.78 is 2.30. The first-order chi connectivity index (χ1) is 9.84. The summed E-state index contributed by atoms with van der Waals surface area (Å²) in [5, 5.41) is 11.7. The standard InChI is InChI=1S/C14H17N5S/c20-14-18-17-13(12-6-2-1-3-7-12)19(14)16-10-11-5-4-8-15-9-11/h4-5,8-10,12H,1-3,6-7H2,(H,18,20)/b16-10+. The van der Waals surface area contributed by atoms with Crippen LogP contribution in [0.5, 0.6) is 0 Å². The van der Waals surface area contributed by atoms with Crippen molar-refractivity contribution in [2.45, 2.75) is 38.0 Å². The summed E-state index contributed by atoms with van der Waals surface area (Å²) in [7, 11) is 0. The van der Waals surface area contributed by atoms with Crippen molar-refractivity contribution < 1.29 is 0 Å². The van der Waals surface area contributed by atoms with E-state index >= 15 is 0 Å². The van der Waals surface area contributed by atoms with E-state index in [4.69, 9.17) is 12.2 Å². The monoisotopic (exact) mass is 287 g/mol. The van der Waals surface area contributed by atoms with Gasteiger partial charge in [0.25, 0.3) is 0 Å². The maximum absolute atomic E-state index is 5.27. The second-order valence-corrected chi connectivity index (χ2v) is 5.45. The van der Waals surface area contributed by atoms with Crippen LogP contribution in [0.3, 0.4) is 0 Å². The number of rotatable bonds is 3. The van der Waals surface area contributed by atoms with Gasteiger partial charge in [-0.05, 0) is 31.1 Å². The van der Waals surface area contributed by atoms with Gasteiger partial charge in [0.1, 0.15) is 0 Å². The number of aromatic nitrogens is 4. The van der Waals surface area contributed by atoms with Gasteiger partial charge in [-0.25, -0.2) is 0 Å². The van der Waals surface area contributed by atoms with Gasteiger partial charge in [0, 0.05) is 23.9 Å². The van der Waals surface area contributed by atoms with Crippen LogP contribution in [-0.4, -0.2) is 26.1 Å². The summed E-state index contributed by atoms with van der Waals surface area (Å²) in [5.41, 5.74) is 0.949. The Balaban J connectivity index is 1.87. The minimum Gasteiger partial charge on any atom is -0.264 e. The third kappa shape index (κ3) is 2.85. The first-order valence-electron chi connectivity index (χ1n) is 6.96. The molecule has 0 aromatic carbocycles. The molecule has 0 saturated heterocycles. The van der Waals surface area contributed by atoms with Crippen LogP contribution in [0.4, 0.5) is 0 Å². The van der Waals surface area contributed by atoms with Gasteiger partial charge in [-0.3, -0.25) is 10.1 Å². The molecule has 1 N–H and O–H groups in total. The lowest BCUT2D eigenvalue weighted by Crippen LogP contribution is -2.10. The Labute approximate surface area is 122 Å². The fourth-order valence-electron chi connectivity index (χ4n) is 2.62. The van der Waals surface area contributed by atoms with Crippen LogP contribution in [-0.2, 0) is 0 Å². The van der Waals surface area contributed by atoms with E-state index in [1.807, 2.05) is 12.1 Å². The van der Waals surface area contributed by atoms with Gasteiger partial charge in [-0.15, -0.1) is 0 Å². The topological polar surface area (TPSA) is 58.9 Å². The molecule has 0 amide bonds. The molecule has 1 fully saturated rings. The second-order valence-electron chi connectivity index (χ2n) is 5.06. The largest absolute Gasteiger partial charge is 0.264 e. The van der Waals surface area contributed by atoms with E-state index in [0.717, 1.165) is 11.4 Å². The van der Waals surface area contributed by atoms with Crippen molar-refractivity contribution in [3.63, 3.8) is 0 Å². The predicted octanol–water partition coefficient (Wildman–Crippen LogP) is 3.27. The first kappa shape index (κ1) is 13.2. The molecule has 0 spiro atoms. The SMILES string of the molecule is S=c1[nH]nc(C2CCCCC2)n1/N=C/c1cccnc1. The molecule has 3 rings (SSSR count). The van der Waals surface area contributed by atoms with Crippen LogP contribution in [0, 0.1) is 4.77 Å². The highest BCUT2D eigenvalue weighted by Crippen LogP contribution is 2.31. The van der Waals surface area contributed by atoms with E-state index in [2.05, 4.69) is 20.3 Å². The van der Waals surface area contributed by atoms with E-state index in [1.54, 1.807) is 23.3 Å². The molecule has 0 atom stereocenters. The van der Waals surface area contributed by atoms with Crippen molar-refractivity contribution in [1.29, 1.82) is 0 Å². The number of hydrogen-bond acceptors (Lipinski definition) is 4. The zero-order valence-corrected chi connectivity index (χ0v) is 12.0. The Bertz CT molecular complexity index is 637. The number of nitrogens with zero attached hydrogens (tertiary/aromatic N) is 4. The molecule has 2 aromatic heterocycles. The fourth-order valence-corrected chi connectivity index (χ4v) is 2.80. The highest BCUT2D eigenvalue weighted by molar-refractivity contribution is 7.71. The van der Waals surface area contributed by atoms with Crippen LogP contribution in [0.15, 0.2) is 29.6 Å². The third-order valence-corrected chi connectivity index (χ3v) is 3.92. The van der Waals surface area contributed by atoms with Crippen LogP contribution >= 0.6 is 12.2 Å². The first-order valence-corrected chi connectivity index (χ1v) is 7.37. The van der Waals surface area contributed by atoms with Gasteiger partial charge in [-0.2, -0.15) is 14.9 Å². The molecule has 2 aromatic rings. The Hall–Kier alpha value is -1.82. The van der Waals surface area contributed by atoms with E-state index in [-0.39, 0.29) is 0 Å². The van der Waals surface area contributed by atoms with E-state index in [1.165, 1.54) is 32.1 Å². The second kappa shape index (κ2) is 6.09. The van der Waals surface area contributed by atoms with Gasteiger partial charge in [0.2, 0.25) is 4.77 Å². The molecule has 6 heteroatoms. The smallest absolute Gasteiger partial charge is 0.216 e. The lowest BCUT2D eigenvalue weighted by atomic mass is 9.89. The summed E-state index contributed by atoms with van der Waals surface area (Å²) in [6.07, 6.45) is 11.5. The van der Waals surface area contributed by atoms with Crippen molar-refractivity contribution in [2.24, 2.45) is 5.10 Å². The Morgan fingerprint density at radius 1 is 1.35 bits per heavy atom. The summed E-state index contributed by atoms with van der Waals surface area (Å²) in [4.78, 5) is 4.07. The van der Waals surface area contributed by atoms with Gasteiger partial charge in [0.15, 0.2) is 5.82 Å². The molecule has 0 bridgehead atoms. The van der Waals surface area contributed by atoms with Crippen molar-refractivity contribution in [3.05, 3.63) is 40.7 Å². The molecule has 0 aliphatic heterocycles. The fraction of sp³-hybridized carbons (Fsp3) is 0.429. The van der Waals surface area contributed by atoms with Gasteiger partial charge in [-0.1, -0.05) is 25.3 Å². The van der Waals surface area contributed by atoms with Crippen LogP contribution in [0.25, 0.3) is 0 Å². The van der Waals surface area contributed by atoms with Crippen molar-refractivity contribution >= 4 is 18.4 Å². The Morgan fingerprint density at radius 3 is 2.95 bits per heavy atom. The quantitative estimate of drug-likeness (QED) is 0.696. The van der Waals surface area contributed by atoms with Crippen molar-refractivity contribution in [3.8, 4) is 0 Å². The maximum Gasteiger partial charge on any atom is 0.216 e. The van der Waals surface area contributed by atoms with Gasteiger partial charge < -0.3 is 0 Å². The molecule has 5 nitrogen and oxygen atoms in total. The summed E-state index contributed by atoms with van der Waals surface area (Å²) >= 11 is 5.27. The zero-order chi connectivity index (χ0) is 13.8. The van der Waals surface area contributed by atoms with Crippen LogP contribution < -0.4 is 0 Å². The molecule has 1 aliphatic carbocycles. The number of aromatic amines is 1. The van der Waals surface area contributed by atoms with E-state index in [0.29, 0.717) is 10.7 Å². The zero-order valence-electron chi connectivity index (χ0n) is 11.2. The Kier molecular flexibility index (Phi) is 4.01. The minimum atomic E-state index is 0.461. The summed E-state index contributed by atoms with van der Waals surface area (Å²) in [6, 6.07) is 3.85. The van der Waals surface area contributed by atoms with Crippen molar-refractivity contribution in [2.75, 3.05) is 0 Å². The molecule has 104 valence electrons. The molecule has 20 heavy (non-hydrogen) atoms. The van der Waals surface area contributed by atoms with Crippen LogP contribution in [0.2, 0.25) is 0 Å². The lowest BCUT2D eigenvalue weighted by molar-refractivity contribution is 0.419. The average molecular weight is 287 g/mol. The van der Waals surface area contributed by atoms with Gasteiger partial charge in [0.05, 0.1) is 6.21 Å². The number of pyridine rings is 1. The summed E-state index contributed by atoms with van der Waals surface area (Å²) in [6.45, 7) is 0. The minimum absolute atomic E-state index is 0.461. The molecular weight excluding hydrogens is 270 g/mol. The highest BCUT2D eigenvalue weighted by atomic mass is 32.1. The number of hydrogen-bond donors (Lipinski definition) is 1.